The molecule has 1 aromatic heterocycles. The first-order valence-electron chi connectivity index (χ1n) is 16.9. The highest BCUT2D eigenvalue weighted by atomic mass is 32.2. The summed E-state index contributed by atoms with van der Waals surface area (Å²) in [6.07, 6.45) is 11.0. The van der Waals surface area contributed by atoms with Crippen LogP contribution in [0.4, 0.5) is 4.39 Å². The summed E-state index contributed by atoms with van der Waals surface area (Å²) < 4.78 is 48.6. The molecule has 2 aromatic carbocycles. The standard InChI is InChI=1S/C36H42FN5O6S/c1-23(30-14-13-29(20-25(30)10-9-24-7-8-24)49(46,47)41-28-5-3-2-4-6-28)39-36(45)33-22-48-18-17-42(33)34(43)21-38-35(44)32-15-11-26-19-27(37)12-16-31(26)40-32/h9-16,19-20,23-24,28,33,41H,2-8,17-18,21-22H2,1H3,(H,38,44)(H,39,45)/b10-9+/t23-,33-/m0/s1. The van der Waals surface area contributed by atoms with E-state index in [2.05, 4.69) is 26.4 Å². The van der Waals surface area contributed by atoms with Crippen molar-refractivity contribution in [2.45, 2.75) is 74.9 Å². The molecule has 3 N–H and O–H groups in total. The molecule has 1 aliphatic heterocycles. The lowest BCUT2D eigenvalue weighted by Gasteiger charge is -2.35. The van der Waals surface area contributed by atoms with E-state index in [1.165, 1.54) is 29.2 Å². The molecule has 1 saturated heterocycles. The van der Waals surface area contributed by atoms with Crippen molar-refractivity contribution in [1.82, 2.24) is 25.2 Å². The van der Waals surface area contributed by atoms with Gasteiger partial charge < -0.3 is 20.3 Å². The second-order valence-electron chi connectivity index (χ2n) is 13.1. The van der Waals surface area contributed by atoms with Gasteiger partial charge in [-0.05, 0) is 86.1 Å². The van der Waals surface area contributed by atoms with Crippen molar-refractivity contribution in [3.63, 3.8) is 0 Å². The molecule has 3 fully saturated rings. The minimum absolute atomic E-state index is 0.0144. The monoisotopic (exact) mass is 691 g/mol. The Hall–Kier alpha value is -4.20. The highest BCUT2D eigenvalue weighted by molar-refractivity contribution is 7.89. The molecule has 2 heterocycles. The molecule has 260 valence electrons. The molecule has 13 heteroatoms. The minimum atomic E-state index is -3.73. The average molecular weight is 692 g/mol. The number of fused-ring (bicyclic) bond motifs is 1. The fraction of sp³-hybridized carbons (Fsp3) is 0.444. The minimum Gasteiger partial charge on any atom is -0.377 e. The van der Waals surface area contributed by atoms with Crippen LogP contribution in [-0.4, -0.2) is 74.4 Å². The van der Waals surface area contributed by atoms with Crippen molar-refractivity contribution < 1.29 is 31.9 Å². The Kier molecular flexibility index (Phi) is 10.7. The van der Waals surface area contributed by atoms with Crippen molar-refractivity contribution in [2.75, 3.05) is 26.3 Å². The summed E-state index contributed by atoms with van der Waals surface area (Å²) in [6, 6.07) is 10.5. The van der Waals surface area contributed by atoms with Gasteiger partial charge in [-0.3, -0.25) is 14.4 Å². The fourth-order valence-electron chi connectivity index (χ4n) is 6.37. The van der Waals surface area contributed by atoms with E-state index < -0.39 is 45.6 Å². The third-order valence-corrected chi connectivity index (χ3v) is 10.8. The van der Waals surface area contributed by atoms with E-state index in [0.29, 0.717) is 22.4 Å². The lowest BCUT2D eigenvalue weighted by Crippen LogP contribution is -2.57. The zero-order valence-electron chi connectivity index (χ0n) is 27.5. The van der Waals surface area contributed by atoms with Gasteiger partial charge in [0.2, 0.25) is 21.8 Å². The first-order chi connectivity index (χ1) is 23.6. The van der Waals surface area contributed by atoms with Crippen LogP contribution in [0.25, 0.3) is 17.0 Å². The third kappa shape index (κ3) is 8.70. The van der Waals surface area contributed by atoms with Gasteiger partial charge in [0.05, 0.1) is 36.2 Å². The Morgan fingerprint density at radius 3 is 2.61 bits per heavy atom. The highest BCUT2D eigenvalue weighted by Crippen LogP contribution is 2.32. The molecule has 3 aliphatic rings. The summed E-state index contributed by atoms with van der Waals surface area (Å²) in [5.41, 5.74) is 1.97. The first kappa shape index (κ1) is 34.7. The van der Waals surface area contributed by atoms with E-state index in [1.54, 1.807) is 24.3 Å². The summed E-state index contributed by atoms with van der Waals surface area (Å²) in [4.78, 5) is 45.5. The van der Waals surface area contributed by atoms with Gasteiger partial charge in [-0.2, -0.15) is 0 Å². The number of carbonyl (C=O) groups excluding carboxylic acids is 3. The SMILES string of the molecule is C[C@H](NC(=O)[C@@H]1COCCN1C(=O)CNC(=O)c1ccc2cc(F)ccc2n1)c1ccc(S(=O)(=O)NC2CCCCC2)cc1/C=C/C1CC1. The number of sulfonamides is 1. The Bertz CT molecular complexity index is 1860. The predicted octanol–water partition coefficient (Wildman–Crippen LogP) is 4.24. The topological polar surface area (TPSA) is 147 Å². The number of ether oxygens (including phenoxy) is 1. The van der Waals surface area contributed by atoms with Crippen LogP contribution in [0.2, 0.25) is 0 Å². The lowest BCUT2D eigenvalue weighted by atomic mass is 9.96. The maximum absolute atomic E-state index is 13.6. The largest absolute Gasteiger partial charge is 0.377 e. The van der Waals surface area contributed by atoms with Crippen molar-refractivity contribution >= 4 is 44.7 Å². The molecule has 3 amide bonds. The van der Waals surface area contributed by atoms with Gasteiger partial charge in [0.1, 0.15) is 17.6 Å². The number of rotatable bonds is 11. The number of allylic oxidation sites excluding steroid dienone is 1. The van der Waals surface area contributed by atoms with Crippen LogP contribution in [0.15, 0.2) is 59.5 Å². The van der Waals surface area contributed by atoms with Gasteiger partial charge in [0.25, 0.3) is 5.91 Å². The first-order valence-corrected chi connectivity index (χ1v) is 18.4. The molecule has 0 radical (unpaired) electrons. The van der Waals surface area contributed by atoms with Crippen molar-refractivity contribution in [1.29, 1.82) is 0 Å². The number of benzene rings is 2. The molecule has 2 saturated carbocycles. The molecule has 0 bridgehead atoms. The molecule has 6 rings (SSSR count). The average Bonchev–Trinajstić information content (AvgIpc) is 3.94. The number of hydrogen-bond acceptors (Lipinski definition) is 7. The molecule has 11 nitrogen and oxygen atoms in total. The number of halogens is 1. The van der Waals surface area contributed by atoms with Crippen molar-refractivity contribution in [3.8, 4) is 0 Å². The van der Waals surface area contributed by atoms with E-state index in [4.69, 9.17) is 4.74 Å². The predicted molar refractivity (Wildman–Crippen MR) is 182 cm³/mol. The van der Waals surface area contributed by atoms with Crippen LogP contribution in [0.3, 0.4) is 0 Å². The van der Waals surface area contributed by atoms with Gasteiger partial charge in [-0.25, -0.2) is 22.5 Å². The second-order valence-corrected chi connectivity index (χ2v) is 14.8. The van der Waals surface area contributed by atoms with Crippen LogP contribution in [0.1, 0.15) is 79.5 Å². The summed E-state index contributed by atoms with van der Waals surface area (Å²) in [5.74, 6) is -1.41. The second kappa shape index (κ2) is 15.1. The highest BCUT2D eigenvalue weighted by Gasteiger charge is 2.34. The summed E-state index contributed by atoms with van der Waals surface area (Å²) >= 11 is 0. The molecule has 0 spiro atoms. The number of morpholine rings is 1. The van der Waals surface area contributed by atoms with Gasteiger partial charge in [0.15, 0.2) is 0 Å². The molecule has 49 heavy (non-hydrogen) atoms. The maximum atomic E-state index is 13.6. The molecular weight excluding hydrogens is 649 g/mol. The molecular formula is C36H42FN5O6S. The van der Waals surface area contributed by atoms with Gasteiger partial charge in [-0.1, -0.05) is 43.5 Å². The Balaban J connectivity index is 1.11. The van der Waals surface area contributed by atoms with Crippen molar-refractivity contribution in [3.05, 3.63) is 77.2 Å². The summed E-state index contributed by atoms with van der Waals surface area (Å²) in [7, 11) is -3.73. The van der Waals surface area contributed by atoms with Crippen LogP contribution < -0.4 is 15.4 Å². The Labute approximate surface area is 285 Å². The molecule has 2 atom stereocenters. The van der Waals surface area contributed by atoms with Crippen LogP contribution >= 0.6 is 0 Å². The zero-order chi connectivity index (χ0) is 34.5. The zero-order valence-corrected chi connectivity index (χ0v) is 28.3. The Morgan fingerprint density at radius 2 is 1.84 bits per heavy atom. The molecule has 3 aromatic rings. The number of carbonyl (C=O) groups is 3. The number of hydrogen-bond donors (Lipinski definition) is 3. The quantitative estimate of drug-likeness (QED) is 0.273. The maximum Gasteiger partial charge on any atom is 0.270 e. The fourth-order valence-corrected chi connectivity index (χ4v) is 7.71. The van der Waals surface area contributed by atoms with Gasteiger partial charge in [0, 0.05) is 18.0 Å². The van der Waals surface area contributed by atoms with E-state index >= 15 is 0 Å². The van der Waals surface area contributed by atoms with E-state index in [9.17, 15) is 27.2 Å². The number of nitrogens with zero attached hydrogens (tertiary/aromatic N) is 2. The van der Waals surface area contributed by atoms with Crippen LogP contribution in [0, 0.1) is 11.7 Å². The number of pyridine rings is 1. The normalized spacial score (nSPS) is 19.6. The summed E-state index contributed by atoms with van der Waals surface area (Å²) in [5, 5.41) is 6.11. The molecule has 2 aliphatic carbocycles. The van der Waals surface area contributed by atoms with E-state index in [-0.39, 0.29) is 42.9 Å². The molecule has 0 unspecified atom stereocenters. The van der Waals surface area contributed by atoms with E-state index in [1.807, 2.05) is 13.0 Å². The number of nitrogens with one attached hydrogen (secondary N) is 3. The lowest BCUT2D eigenvalue weighted by molar-refractivity contribution is -0.148. The van der Waals surface area contributed by atoms with Gasteiger partial charge in [-0.15, -0.1) is 0 Å². The number of aromatic nitrogens is 1. The van der Waals surface area contributed by atoms with E-state index in [0.717, 1.165) is 50.5 Å². The van der Waals surface area contributed by atoms with Gasteiger partial charge >= 0.3 is 0 Å². The van der Waals surface area contributed by atoms with Crippen molar-refractivity contribution in [2.24, 2.45) is 5.92 Å². The summed E-state index contributed by atoms with van der Waals surface area (Å²) in [6.45, 7) is 1.85. The van der Waals surface area contributed by atoms with Crippen LogP contribution in [0.5, 0.6) is 0 Å². The number of amides is 3. The Morgan fingerprint density at radius 1 is 1.04 bits per heavy atom. The smallest absolute Gasteiger partial charge is 0.270 e. The third-order valence-electron chi connectivity index (χ3n) is 9.33. The van der Waals surface area contributed by atoms with Crippen LogP contribution in [-0.2, 0) is 24.3 Å².